The van der Waals surface area contributed by atoms with Gasteiger partial charge in [-0.15, -0.1) is 0 Å². The summed E-state index contributed by atoms with van der Waals surface area (Å²) >= 11 is 3.31. The second-order valence-electron chi connectivity index (χ2n) is 5.55. The van der Waals surface area contributed by atoms with E-state index in [1.807, 2.05) is 0 Å². The number of nitro benzene ring substituents is 1. The maximum absolute atomic E-state index is 12.1. The second kappa shape index (κ2) is 8.93. The number of non-ortho nitro benzene ring substituents is 1. The average Bonchev–Trinajstić information content (AvgIpc) is 3.25. The summed E-state index contributed by atoms with van der Waals surface area (Å²) in [6.07, 6.45) is 2.66. The predicted molar refractivity (Wildman–Crippen MR) is 106 cm³/mol. The van der Waals surface area contributed by atoms with Crippen LogP contribution in [0.4, 0.5) is 5.69 Å². The zero-order valence-corrected chi connectivity index (χ0v) is 16.2. The topological polar surface area (TPSA) is 124 Å². The minimum Gasteiger partial charge on any atom is -0.457 e. The molecule has 0 spiro atoms. The third-order valence-electron chi connectivity index (χ3n) is 3.61. The number of ether oxygens (including phenoxy) is 1. The van der Waals surface area contributed by atoms with Gasteiger partial charge in [0.25, 0.3) is 11.6 Å². The van der Waals surface area contributed by atoms with Gasteiger partial charge in [0.05, 0.1) is 17.4 Å². The summed E-state index contributed by atoms with van der Waals surface area (Å²) < 4.78 is 11.0. The lowest BCUT2D eigenvalue weighted by Crippen LogP contribution is -2.17. The molecule has 2 aromatic carbocycles. The van der Waals surface area contributed by atoms with E-state index in [1.165, 1.54) is 42.8 Å². The van der Waals surface area contributed by atoms with Crippen molar-refractivity contribution in [1.29, 1.82) is 0 Å². The number of nitro groups is 1. The fourth-order valence-electron chi connectivity index (χ4n) is 2.22. The van der Waals surface area contributed by atoms with Crippen molar-refractivity contribution < 1.29 is 23.7 Å². The van der Waals surface area contributed by atoms with E-state index >= 15 is 0 Å². The van der Waals surface area contributed by atoms with Crippen molar-refractivity contribution in [3.8, 4) is 5.75 Å². The Morgan fingerprint density at radius 3 is 2.59 bits per heavy atom. The number of nitrogens with one attached hydrogen (secondary N) is 1. The SMILES string of the molecule is O=C(N/N=C\c1cc(Br)ccc1OC(=O)c1ccco1)c1ccc([N+](=O)[O-])cc1. The van der Waals surface area contributed by atoms with E-state index in [0.29, 0.717) is 10.0 Å². The molecule has 29 heavy (non-hydrogen) atoms. The minimum absolute atomic E-state index is 0.0438. The number of hydrogen-bond acceptors (Lipinski definition) is 7. The first kappa shape index (κ1) is 20.0. The van der Waals surface area contributed by atoms with Crippen LogP contribution in [0.5, 0.6) is 5.75 Å². The number of carbonyl (C=O) groups excluding carboxylic acids is 2. The quantitative estimate of drug-likeness (QED) is 0.196. The smallest absolute Gasteiger partial charge is 0.379 e. The molecule has 0 bridgehead atoms. The molecule has 9 nitrogen and oxygen atoms in total. The summed E-state index contributed by atoms with van der Waals surface area (Å²) in [7, 11) is 0. The molecule has 3 rings (SSSR count). The summed E-state index contributed by atoms with van der Waals surface area (Å²) in [5.41, 5.74) is 2.81. The van der Waals surface area contributed by atoms with Crippen molar-refractivity contribution in [2.45, 2.75) is 0 Å². The Bertz CT molecular complexity index is 1080. The molecule has 0 saturated carbocycles. The van der Waals surface area contributed by atoms with Crippen LogP contribution in [0, 0.1) is 10.1 Å². The number of hydrazone groups is 1. The van der Waals surface area contributed by atoms with Crippen LogP contribution in [0.3, 0.4) is 0 Å². The highest BCUT2D eigenvalue weighted by atomic mass is 79.9. The Morgan fingerprint density at radius 2 is 1.93 bits per heavy atom. The monoisotopic (exact) mass is 457 g/mol. The van der Waals surface area contributed by atoms with Crippen molar-refractivity contribution in [3.63, 3.8) is 0 Å². The zero-order chi connectivity index (χ0) is 20.8. The molecule has 1 amide bonds. The molecule has 0 unspecified atom stereocenters. The summed E-state index contributed by atoms with van der Waals surface area (Å²) in [5.74, 6) is -0.979. The van der Waals surface area contributed by atoms with Crippen LogP contribution in [0.15, 0.2) is 74.9 Å². The van der Waals surface area contributed by atoms with E-state index in [2.05, 4.69) is 26.5 Å². The maximum atomic E-state index is 12.1. The molecule has 1 N–H and O–H groups in total. The summed E-state index contributed by atoms with van der Waals surface area (Å²) in [6.45, 7) is 0. The highest BCUT2D eigenvalue weighted by Gasteiger charge is 2.14. The summed E-state index contributed by atoms with van der Waals surface area (Å²) in [5, 5.41) is 14.5. The molecule has 0 atom stereocenters. The van der Waals surface area contributed by atoms with E-state index in [-0.39, 0.29) is 22.8 Å². The van der Waals surface area contributed by atoms with Crippen LogP contribution >= 0.6 is 15.9 Å². The first-order valence-electron chi connectivity index (χ1n) is 8.07. The van der Waals surface area contributed by atoms with Gasteiger partial charge in [-0.3, -0.25) is 14.9 Å². The number of rotatable bonds is 6. The third-order valence-corrected chi connectivity index (χ3v) is 4.10. The first-order chi connectivity index (χ1) is 13.9. The first-order valence-corrected chi connectivity index (χ1v) is 8.86. The minimum atomic E-state index is -0.679. The molecule has 146 valence electrons. The highest BCUT2D eigenvalue weighted by Crippen LogP contribution is 2.23. The van der Waals surface area contributed by atoms with Gasteiger partial charge < -0.3 is 9.15 Å². The van der Waals surface area contributed by atoms with E-state index < -0.39 is 16.8 Å². The van der Waals surface area contributed by atoms with Gasteiger partial charge in [0.1, 0.15) is 5.75 Å². The van der Waals surface area contributed by atoms with Crippen LogP contribution in [0.2, 0.25) is 0 Å². The molecule has 0 aliphatic carbocycles. The van der Waals surface area contributed by atoms with Crippen molar-refractivity contribution >= 4 is 39.7 Å². The second-order valence-corrected chi connectivity index (χ2v) is 6.47. The van der Waals surface area contributed by atoms with Gasteiger partial charge in [0.2, 0.25) is 5.76 Å². The number of esters is 1. The number of carbonyl (C=O) groups is 2. The molecule has 1 aromatic heterocycles. The number of benzene rings is 2. The summed E-state index contributed by atoms with van der Waals surface area (Å²) in [6, 6.07) is 13.0. The average molecular weight is 458 g/mol. The highest BCUT2D eigenvalue weighted by molar-refractivity contribution is 9.10. The molecule has 3 aromatic rings. The van der Waals surface area contributed by atoms with Gasteiger partial charge in [0, 0.05) is 27.7 Å². The van der Waals surface area contributed by atoms with Gasteiger partial charge in [-0.05, 0) is 42.5 Å². The largest absolute Gasteiger partial charge is 0.457 e. The standard InChI is InChI=1S/C19H12BrN3O6/c20-14-5-8-16(29-19(25)17-2-1-9-28-17)13(10-14)11-21-22-18(24)12-3-6-15(7-4-12)23(26)27/h1-11H,(H,22,24)/b21-11-. The summed E-state index contributed by atoms with van der Waals surface area (Å²) in [4.78, 5) is 34.3. The van der Waals surface area contributed by atoms with Crippen molar-refractivity contribution in [2.24, 2.45) is 5.10 Å². The molecule has 0 radical (unpaired) electrons. The Labute approximate surface area is 172 Å². The van der Waals surface area contributed by atoms with Gasteiger partial charge in [0.15, 0.2) is 0 Å². The lowest BCUT2D eigenvalue weighted by atomic mass is 10.2. The van der Waals surface area contributed by atoms with Crippen molar-refractivity contribution in [3.05, 3.63) is 92.3 Å². The molecule has 0 fully saturated rings. The maximum Gasteiger partial charge on any atom is 0.379 e. The van der Waals surface area contributed by atoms with E-state index in [1.54, 1.807) is 24.3 Å². The lowest BCUT2D eigenvalue weighted by Gasteiger charge is -2.07. The molecule has 0 saturated heterocycles. The molecular weight excluding hydrogens is 446 g/mol. The van der Waals surface area contributed by atoms with E-state index in [4.69, 9.17) is 9.15 Å². The molecule has 0 aliphatic heterocycles. The van der Waals surface area contributed by atoms with Gasteiger partial charge in [-0.1, -0.05) is 15.9 Å². The van der Waals surface area contributed by atoms with Gasteiger partial charge >= 0.3 is 5.97 Å². The Hall–Kier alpha value is -3.79. The van der Waals surface area contributed by atoms with E-state index in [0.717, 1.165) is 0 Å². The Morgan fingerprint density at radius 1 is 1.17 bits per heavy atom. The van der Waals surface area contributed by atoms with Crippen LogP contribution in [0.25, 0.3) is 0 Å². The van der Waals surface area contributed by atoms with Crippen molar-refractivity contribution in [2.75, 3.05) is 0 Å². The fraction of sp³-hybridized carbons (Fsp3) is 0. The third kappa shape index (κ3) is 5.14. The van der Waals surface area contributed by atoms with Crippen molar-refractivity contribution in [1.82, 2.24) is 5.43 Å². The Kier molecular flexibility index (Phi) is 6.15. The van der Waals surface area contributed by atoms with Gasteiger partial charge in [-0.2, -0.15) is 5.10 Å². The van der Waals surface area contributed by atoms with Crippen LogP contribution in [0.1, 0.15) is 26.5 Å². The van der Waals surface area contributed by atoms with E-state index in [9.17, 15) is 19.7 Å². The molecule has 1 heterocycles. The van der Waals surface area contributed by atoms with Crippen LogP contribution in [-0.2, 0) is 0 Å². The molecular formula is C19H12BrN3O6. The fourth-order valence-corrected chi connectivity index (χ4v) is 2.60. The number of nitrogens with zero attached hydrogens (tertiary/aromatic N) is 2. The molecule has 10 heteroatoms. The van der Waals surface area contributed by atoms with Crippen LogP contribution < -0.4 is 10.2 Å². The number of halogens is 1. The van der Waals surface area contributed by atoms with Gasteiger partial charge in [-0.25, -0.2) is 10.2 Å². The van der Waals surface area contributed by atoms with Crippen LogP contribution in [-0.4, -0.2) is 23.0 Å². The number of furan rings is 1. The normalized spacial score (nSPS) is 10.7. The predicted octanol–water partition coefficient (Wildman–Crippen LogP) is 3.93. The molecule has 0 aliphatic rings. The zero-order valence-electron chi connectivity index (χ0n) is 14.6. The number of amides is 1. The number of hydrogen-bond donors (Lipinski definition) is 1. The lowest BCUT2D eigenvalue weighted by molar-refractivity contribution is -0.384. The Balaban J connectivity index is 1.71.